The number of ether oxygens (including phenoxy) is 2. The standard InChI is InChI=1S/C7H14O3/c1-3-5-9-7(2)10-6-4-8/h4,7H,3,5-6H2,1-2H3. The first-order valence-electron chi connectivity index (χ1n) is 3.48. The van der Waals surface area contributed by atoms with Gasteiger partial charge in [0.2, 0.25) is 0 Å². The largest absolute Gasteiger partial charge is 0.353 e. The molecular weight excluding hydrogens is 132 g/mol. The van der Waals surface area contributed by atoms with Gasteiger partial charge in [0.05, 0.1) is 0 Å². The van der Waals surface area contributed by atoms with Gasteiger partial charge in [-0.2, -0.15) is 0 Å². The molecule has 0 heterocycles. The summed E-state index contributed by atoms with van der Waals surface area (Å²) in [6, 6.07) is 0. The molecule has 0 aliphatic carbocycles. The maximum absolute atomic E-state index is 9.80. The van der Waals surface area contributed by atoms with Gasteiger partial charge < -0.3 is 14.3 Å². The lowest BCUT2D eigenvalue weighted by Crippen LogP contribution is -2.14. The molecule has 0 saturated heterocycles. The minimum atomic E-state index is -0.259. The molecule has 0 amide bonds. The smallest absolute Gasteiger partial charge is 0.155 e. The number of carbonyl (C=O) groups excluding carboxylic acids is 1. The second-order valence-electron chi connectivity index (χ2n) is 1.94. The minimum Gasteiger partial charge on any atom is -0.353 e. The van der Waals surface area contributed by atoms with E-state index in [-0.39, 0.29) is 12.9 Å². The highest BCUT2D eigenvalue weighted by Gasteiger charge is 1.98. The van der Waals surface area contributed by atoms with Gasteiger partial charge in [-0.1, -0.05) is 6.92 Å². The molecule has 0 fully saturated rings. The third kappa shape index (κ3) is 5.72. The molecule has 0 aliphatic heterocycles. The first-order chi connectivity index (χ1) is 4.81. The van der Waals surface area contributed by atoms with Crippen molar-refractivity contribution in [3.8, 4) is 0 Å². The highest BCUT2D eigenvalue weighted by Crippen LogP contribution is 1.92. The van der Waals surface area contributed by atoms with Crippen LogP contribution in [0.2, 0.25) is 0 Å². The predicted molar refractivity (Wildman–Crippen MR) is 37.7 cm³/mol. The van der Waals surface area contributed by atoms with E-state index in [4.69, 9.17) is 9.47 Å². The Hall–Kier alpha value is -0.410. The Labute approximate surface area is 61.3 Å². The number of hydrogen-bond acceptors (Lipinski definition) is 3. The number of rotatable bonds is 6. The zero-order chi connectivity index (χ0) is 7.82. The van der Waals surface area contributed by atoms with Gasteiger partial charge >= 0.3 is 0 Å². The van der Waals surface area contributed by atoms with Gasteiger partial charge in [-0.05, 0) is 13.3 Å². The second-order valence-corrected chi connectivity index (χ2v) is 1.94. The van der Waals surface area contributed by atoms with E-state index in [2.05, 4.69) is 0 Å². The molecule has 10 heavy (non-hydrogen) atoms. The maximum Gasteiger partial charge on any atom is 0.155 e. The second kappa shape index (κ2) is 6.71. The van der Waals surface area contributed by atoms with E-state index in [1.807, 2.05) is 6.92 Å². The van der Waals surface area contributed by atoms with Crippen LogP contribution < -0.4 is 0 Å². The topological polar surface area (TPSA) is 35.5 Å². The van der Waals surface area contributed by atoms with E-state index in [0.29, 0.717) is 12.9 Å². The average molecular weight is 146 g/mol. The normalized spacial score (nSPS) is 13.0. The molecule has 0 aliphatic rings. The van der Waals surface area contributed by atoms with E-state index in [0.717, 1.165) is 6.42 Å². The van der Waals surface area contributed by atoms with Crippen LogP contribution in [0.5, 0.6) is 0 Å². The Balaban J connectivity index is 3.07. The molecule has 0 radical (unpaired) electrons. The fraction of sp³-hybridized carbons (Fsp3) is 0.857. The monoisotopic (exact) mass is 146 g/mol. The van der Waals surface area contributed by atoms with Crippen LogP contribution >= 0.6 is 0 Å². The minimum absolute atomic E-state index is 0.116. The maximum atomic E-state index is 9.80. The Kier molecular flexibility index (Phi) is 6.43. The molecule has 60 valence electrons. The van der Waals surface area contributed by atoms with E-state index >= 15 is 0 Å². The summed E-state index contributed by atoms with van der Waals surface area (Å²) in [6.07, 6.45) is 1.42. The molecule has 0 rings (SSSR count). The Morgan fingerprint density at radius 1 is 1.50 bits per heavy atom. The fourth-order valence-corrected chi connectivity index (χ4v) is 0.507. The molecule has 0 aromatic heterocycles. The molecule has 0 aromatic rings. The van der Waals surface area contributed by atoms with Crippen molar-refractivity contribution in [2.75, 3.05) is 13.2 Å². The zero-order valence-corrected chi connectivity index (χ0v) is 6.50. The number of aldehydes is 1. The molecular formula is C7H14O3. The van der Waals surface area contributed by atoms with Crippen LogP contribution in [0.15, 0.2) is 0 Å². The first-order valence-corrected chi connectivity index (χ1v) is 3.48. The molecule has 1 atom stereocenters. The summed E-state index contributed by atoms with van der Waals surface area (Å²) in [7, 11) is 0. The van der Waals surface area contributed by atoms with Crippen LogP contribution in [-0.4, -0.2) is 25.8 Å². The zero-order valence-electron chi connectivity index (χ0n) is 6.50. The van der Waals surface area contributed by atoms with Gasteiger partial charge in [-0.15, -0.1) is 0 Å². The third-order valence-corrected chi connectivity index (χ3v) is 0.956. The average Bonchev–Trinajstić information content (AvgIpc) is 1.97. The molecule has 0 spiro atoms. The Morgan fingerprint density at radius 3 is 2.70 bits per heavy atom. The van der Waals surface area contributed by atoms with Gasteiger partial charge in [0, 0.05) is 6.61 Å². The van der Waals surface area contributed by atoms with Gasteiger partial charge in [0.15, 0.2) is 6.29 Å². The molecule has 1 unspecified atom stereocenters. The number of carbonyl (C=O) groups is 1. The quantitative estimate of drug-likeness (QED) is 0.414. The van der Waals surface area contributed by atoms with Crippen LogP contribution in [0.1, 0.15) is 20.3 Å². The van der Waals surface area contributed by atoms with Crippen molar-refractivity contribution in [3.05, 3.63) is 0 Å². The van der Waals surface area contributed by atoms with Gasteiger partial charge in [0.25, 0.3) is 0 Å². The molecule has 0 bridgehead atoms. The SMILES string of the molecule is CCCOC(C)OCC=O. The summed E-state index contributed by atoms with van der Waals surface area (Å²) in [4.78, 5) is 9.80. The van der Waals surface area contributed by atoms with Crippen LogP contribution in [0.4, 0.5) is 0 Å². The van der Waals surface area contributed by atoms with Crippen LogP contribution in [0, 0.1) is 0 Å². The Morgan fingerprint density at radius 2 is 2.20 bits per heavy atom. The predicted octanol–water partition coefficient (Wildman–Crippen LogP) is 0.974. The van der Waals surface area contributed by atoms with E-state index in [1.165, 1.54) is 0 Å². The molecule has 0 N–H and O–H groups in total. The summed E-state index contributed by atoms with van der Waals surface area (Å²) in [5.41, 5.74) is 0. The van der Waals surface area contributed by atoms with Crippen molar-refractivity contribution in [2.45, 2.75) is 26.6 Å². The van der Waals surface area contributed by atoms with Crippen molar-refractivity contribution in [1.29, 1.82) is 0 Å². The first kappa shape index (κ1) is 9.59. The van der Waals surface area contributed by atoms with Crippen molar-refractivity contribution < 1.29 is 14.3 Å². The molecule has 0 aromatic carbocycles. The van der Waals surface area contributed by atoms with Gasteiger partial charge in [0.1, 0.15) is 12.9 Å². The van der Waals surface area contributed by atoms with Crippen LogP contribution in [0.25, 0.3) is 0 Å². The van der Waals surface area contributed by atoms with Crippen LogP contribution in [-0.2, 0) is 14.3 Å². The Bertz CT molecular complexity index is 82.9. The lowest BCUT2D eigenvalue weighted by atomic mass is 10.5. The van der Waals surface area contributed by atoms with Gasteiger partial charge in [-0.25, -0.2) is 0 Å². The summed E-state index contributed by atoms with van der Waals surface area (Å²) in [5, 5.41) is 0. The summed E-state index contributed by atoms with van der Waals surface area (Å²) in [5.74, 6) is 0. The fourth-order valence-electron chi connectivity index (χ4n) is 0.507. The summed E-state index contributed by atoms with van der Waals surface area (Å²) < 4.78 is 10.0. The molecule has 0 saturated carbocycles. The third-order valence-electron chi connectivity index (χ3n) is 0.956. The van der Waals surface area contributed by atoms with E-state index in [1.54, 1.807) is 6.92 Å². The molecule has 3 nitrogen and oxygen atoms in total. The lowest BCUT2D eigenvalue weighted by Gasteiger charge is -2.10. The van der Waals surface area contributed by atoms with Crippen molar-refractivity contribution in [2.24, 2.45) is 0 Å². The molecule has 3 heteroatoms. The van der Waals surface area contributed by atoms with Crippen molar-refractivity contribution >= 4 is 6.29 Å². The van der Waals surface area contributed by atoms with Crippen molar-refractivity contribution in [3.63, 3.8) is 0 Å². The highest BCUT2D eigenvalue weighted by molar-refractivity contribution is 5.50. The van der Waals surface area contributed by atoms with E-state index in [9.17, 15) is 4.79 Å². The lowest BCUT2D eigenvalue weighted by molar-refractivity contribution is -0.141. The highest BCUT2D eigenvalue weighted by atomic mass is 16.7. The summed E-state index contributed by atoms with van der Waals surface area (Å²) >= 11 is 0. The van der Waals surface area contributed by atoms with Gasteiger partial charge in [-0.3, -0.25) is 0 Å². The number of hydrogen-bond donors (Lipinski definition) is 0. The van der Waals surface area contributed by atoms with Crippen molar-refractivity contribution in [1.82, 2.24) is 0 Å². The summed E-state index contributed by atoms with van der Waals surface area (Å²) in [6.45, 7) is 4.59. The van der Waals surface area contributed by atoms with Crippen LogP contribution in [0.3, 0.4) is 0 Å². The van der Waals surface area contributed by atoms with E-state index < -0.39 is 0 Å².